The normalized spacial score (nSPS) is 16.9. The van der Waals surface area contributed by atoms with Crippen LogP contribution in [0.4, 0.5) is 4.39 Å². The van der Waals surface area contributed by atoms with Crippen molar-refractivity contribution < 1.29 is 14.0 Å². The summed E-state index contributed by atoms with van der Waals surface area (Å²) in [5.41, 5.74) is 1.88. The zero-order valence-corrected chi connectivity index (χ0v) is 14.0. The maximum atomic E-state index is 13.2. The van der Waals surface area contributed by atoms with E-state index in [1.165, 1.54) is 17.7 Å². The average molecular weight is 340 g/mol. The first kappa shape index (κ1) is 17.1. The van der Waals surface area contributed by atoms with Crippen molar-refractivity contribution >= 4 is 11.8 Å². The minimum atomic E-state index is -0.336. The first-order chi connectivity index (χ1) is 12.1. The van der Waals surface area contributed by atoms with E-state index in [1.807, 2.05) is 30.3 Å². The van der Waals surface area contributed by atoms with E-state index in [4.69, 9.17) is 0 Å². The fourth-order valence-corrected chi connectivity index (χ4v) is 3.05. The number of hydrogen-bond acceptors (Lipinski definition) is 2. The molecule has 2 amide bonds. The third-order valence-electron chi connectivity index (χ3n) is 4.45. The van der Waals surface area contributed by atoms with Gasteiger partial charge in [-0.2, -0.15) is 0 Å². The van der Waals surface area contributed by atoms with Crippen molar-refractivity contribution in [1.82, 2.24) is 10.2 Å². The Morgan fingerprint density at radius 2 is 1.88 bits per heavy atom. The van der Waals surface area contributed by atoms with E-state index in [0.717, 1.165) is 6.42 Å². The van der Waals surface area contributed by atoms with Gasteiger partial charge in [0, 0.05) is 26.1 Å². The Kier molecular flexibility index (Phi) is 5.43. The van der Waals surface area contributed by atoms with Crippen LogP contribution in [-0.4, -0.2) is 29.8 Å². The molecule has 1 saturated heterocycles. The summed E-state index contributed by atoms with van der Waals surface area (Å²) in [4.78, 5) is 26.2. The summed E-state index contributed by atoms with van der Waals surface area (Å²) < 4.78 is 13.2. The predicted molar refractivity (Wildman–Crippen MR) is 93.1 cm³/mol. The summed E-state index contributed by atoms with van der Waals surface area (Å²) in [5.74, 6) is -0.798. The average Bonchev–Trinajstić information content (AvgIpc) is 3.00. The lowest BCUT2D eigenvalue weighted by Gasteiger charge is -2.16. The molecule has 0 bridgehead atoms. The smallest absolute Gasteiger partial charge is 0.225 e. The van der Waals surface area contributed by atoms with Crippen LogP contribution in [0, 0.1) is 11.7 Å². The zero-order valence-electron chi connectivity index (χ0n) is 14.0. The molecule has 130 valence electrons. The van der Waals surface area contributed by atoms with Crippen molar-refractivity contribution in [3.63, 3.8) is 0 Å². The summed E-state index contributed by atoms with van der Waals surface area (Å²) in [6.45, 7) is 1.34. The molecule has 1 atom stereocenters. The molecule has 25 heavy (non-hydrogen) atoms. The first-order valence-corrected chi connectivity index (χ1v) is 8.45. The highest BCUT2D eigenvalue weighted by Crippen LogP contribution is 2.18. The SMILES string of the molecule is O=C(NCc1cccc(F)c1)C1CC(=O)N(CCc2ccccc2)C1. The number of carbonyl (C=O) groups excluding carboxylic acids is 2. The fraction of sp³-hybridized carbons (Fsp3) is 0.300. The van der Waals surface area contributed by atoms with Crippen molar-refractivity contribution in [2.75, 3.05) is 13.1 Å². The molecule has 3 rings (SSSR count). The van der Waals surface area contributed by atoms with Crippen molar-refractivity contribution in [2.45, 2.75) is 19.4 Å². The van der Waals surface area contributed by atoms with Gasteiger partial charge in [0.1, 0.15) is 5.82 Å². The summed E-state index contributed by atoms with van der Waals surface area (Å²) in [7, 11) is 0. The predicted octanol–water partition coefficient (Wildman–Crippen LogP) is 2.53. The molecule has 0 radical (unpaired) electrons. The molecule has 1 fully saturated rings. The first-order valence-electron chi connectivity index (χ1n) is 8.45. The largest absolute Gasteiger partial charge is 0.352 e. The Bertz CT molecular complexity index is 748. The van der Waals surface area contributed by atoms with Crippen molar-refractivity contribution in [1.29, 1.82) is 0 Å². The quantitative estimate of drug-likeness (QED) is 0.878. The van der Waals surface area contributed by atoms with Crippen LogP contribution in [0.1, 0.15) is 17.5 Å². The number of likely N-dealkylation sites (tertiary alicyclic amines) is 1. The Labute approximate surface area is 146 Å². The van der Waals surface area contributed by atoms with Gasteiger partial charge in [0.05, 0.1) is 5.92 Å². The van der Waals surface area contributed by atoms with E-state index < -0.39 is 0 Å². The molecule has 0 aliphatic carbocycles. The van der Waals surface area contributed by atoms with Crippen LogP contribution >= 0.6 is 0 Å². The Morgan fingerprint density at radius 3 is 2.64 bits per heavy atom. The number of rotatable bonds is 6. The summed E-state index contributed by atoms with van der Waals surface area (Å²) in [6, 6.07) is 16.1. The number of carbonyl (C=O) groups is 2. The molecule has 4 nitrogen and oxygen atoms in total. The van der Waals surface area contributed by atoms with Crippen LogP contribution < -0.4 is 5.32 Å². The van der Waals surface area contributed by atoms with Gasteiger partial charge in [0.25, 0.3) is 0 Å². The van der Waals surface area contributed by atoms with Gasteiger partial charge in [0.2, 0.25) is 11.8 Å². The molecule has 1 aliphatic rings. The third kappa shape index (κ3) is 4.66. The van der Waals surface area contributed by atoms with Crippen LogP contribution in [0.15, 0.2) is 54.6 Å². The van der Waals surface area contributed by atoms with Gasteiger partial charge >= 0.3 is 0 Å². The topological polar surface area (TPSA) is 49.4 Å². The third-order valence-corrected chi connectivity index (χ3v) is 4.45. The van der Waals surface area contributed by atoms with E-state index in [-0.39, 0.29) is 36.5 Å². The molecule has 1 heterocycles. The van der Waals surface area contributed by atoms with Crippen molar-refractivity contribution in [2.24, 2.45) is 5.92 Å². The van der Waals surface area contributed by atoms with E-state index in [2.05, 4.69) is 5.32 Å². The minimum absolute atomic E-state index is 0.0156. The lowest BCUT2D eigenvalue weighted by Crippen LogP contribution is -2.33. The molecule has 2 aromatic rings. The minimum Gasteiger partial charge on any atom is -0.352 e. The highest BCUT2D eigenvalue weighted by Gasteiger charge is 2.33. The van der Waals surface area contributed by atoms with Crippen LogP contribution in [0.25, 0.3) is 0 Å². The summed E-state index contributed by atoms with van der Waals surface area (Å²) in [6.07, 6.45) is 1.02. The van der Waals surface area contributed by atoms with Crippen LogP contribution in [-0.2, 0) is 22.6 Å². The van der Waals surface area contributed by atoms with Crippen LogP contribution in [0.2, 0.25) is 0 Å². The Balaban J connectivity index is 1.48. The van der Waals surface area contributed by atoms with Gasteiger partial charge in [-0.05, 0) is 29.7 Å². The van der Waals surface area contributed by atoms with Gasteiger partial charge in [-0.25, -0.2) is 4.39 Å². The molecule has 0 aromatic heterocycles. The second-order valence-corrected chi connectivity index (χ2v) is 6.32. The van der Waals surface area contributed by atoms with E-state index in [1.54, 1.807) is 17.0 Å². The molecule has 2 aromatic carbocycles. The Morgan fingerprint density at radius 1 is 1.12 bits per heavy atom. The second kappa shape index (κ2) is 7.92. The Hall–Kier alpha value is -2.69. The van der Waals surface area contributed by atoms with Crippen molar-refractivity contribution in [3.8, 4) is 0 Å². The van der Waals surface area contributed by atoms with Gasteiger partial charge < -0.3 is 10.2 Å². The number of nitrogens with one attached hydrogen (secondary N) is 1. The highest BCUT2D eigenvalue weighted by atomic mass is 19.1. The van der Waals surface area contributed by atoms with E-state index >= 15 is 0 Å². The van der Waals surface area contributed by atoms with Crippen molar-refractivity contribution in [3.05, 3.63) is 71.5 Å². The van der Waals surface area contributed by atoms with Gasteiger partial charge in [-0.15, -0.1) is 0 Å². The number of halogens is 1. The monoisotopic (exact) mass is 340 g/mol. The molecule has 5 heteroatoms. The lowest BCUT2D eigenvalue weighted by molar-refractivity contribution is -0.129. The molecular formula is C20H21FN2O2. The number of amides is 2. The van der Waals surface area contributed by atoms with Gasteiger partial charge in [-0.3, -0.25) is 9.59 Å². The summed E-state index contributed by atoms with van der Waals surface area (Å²) in [5, 5.41) is 2.80. The van der Waals surface area contributed by atoms with E-state index in [0.29, 0.717) is 18.7 Å². The maximum absolute atomic E-state index is 13.2. The van der Waals surface area contributed by atoms with Crippen LogP contribution in [0.3, 0.4) is 0 Å². The van der Waals surface area contributed by atoms with Gasteiger partial charge in [-0.1, -0.05) is 42.5 Å². The molecular weight excluding hydrogens is 319 g/mol. The lowest BCUT2D eigenvalue weighted by atomic mass is 10.1. The highest BCUT2D eigenvalue weighted by molar-refractivity contribution is 5.89. The van der Waals surface area contributed by atoms with Gasteiger partial charge in [0.15, 0.2) is 0 Å². The second-order valence-electron chi connectivity index (χ2n) is 6.32. The van der Waals surface area contributed by atoms with E-state index in [9.17, 15) is 14.0 Å². The maximum Gasteiger partial charge on any atom is 0.225 e. The molecule has 1 aliphatic heterocycles. The number of hydrogen-bond donors (Lipinski definition) is 1. The standard InChI is InChI=1S/C20H21FN2O2/c21-18-8-4-7-16(11-18)13-22-20(25)17-12-19(24)23(14-17)10-9-15-5-2-1-3-6-15/h1-8,11,17H,9-10,12-14H2,(H,22,25). The summed E-state index contributed by atoms with van der Waals surface area (Å²) >= 11 is 0. The zero-order chi connectivity index (χ0) is 17.6. The number of benzene rings is 2. The molecule has 1 unspecified atom stereocenters. The molecule has 1 N–H and O–H groups in total. The number of nitrogens with zero attached hydrogens (tertiary/aromatic N) is 1. The molecule has 0 saturated carbocycles. The van der Waals surface area contributed by atoms with Crippen LogP contribution in [0.5, 0.6) is 0 Å². The fourth-order valence-electron chi connectivity index (χ4n) is 3.05. The molecule has 0 spiro atoms.